The van der Waals surface area contributed by atoms with Crippen molar-refractivity contribution >= 4 is 11.6 Å². The van der Waals surface area contributed by atoms with Crippen LogP contribution >= 0.6 is 0 Å². The standard InChI is InChI=1S/C17H15N3O3/c1-11-5-3-8-15(20(22)23)16(11)17(21)19-12(2)14-7-4-6-13(9-14)10-18/h3-9,12H,1-2H3,(H,19,21)/t12-/m0/s1. The van der Waals surface area contributed by atoms with Gasteiger partial charge in [-0.2, -0.15) is 5.26 Å². The van der Waals surface area contributed by atoms with Gasteiger partial charge in [0.1, 0.15) is 5.56 Å². The van der Waals surface area contributed by atoms with E-state index in [9.17, 15) is 14.9 Å². The Labute approximate surface area is 133 Å². The Bertz CT molecular complexity index is 809. The Hall–Kier alpha value is -3.20. The molecule has 0 aliphatic heterocycles. The van der Waals surface area contributed by atoms with E-state index >= 15 is 0 Å². The predicted molar refractivity (Wildman–Crippen MR) is 84.9 cm³/mol. The van der Waals surface area contributed by atoms with Gasteiger partial charge in [-0.3, -0.25) is 14.9 Å². The van der Waals surface area contributed by atoms with E-state index in [1.807, 2.05) is 6.07 Å². The molecule has 2 aromatic carbocycles. The average Bonchev–Trinajstić information content (AvgIpc) is 2.54. The molecule has 0 saturated carbocycles. The van der Waals surface area contributed by atoms with Crippen LogP contribution in [0.2, 0.25) is 0 Å². The van der Waals surface area contributed by atoms with Gasteiger partial charge in [0.25, 0.3) is 11.6 Å². The second-order valence-corrected chi connectivity index (χ2v) is 5.16. The van der Waals surface area contributed by atoms with Crippen LogP contribution in [0.25, 0.3) is 0 Å². The number of benzene rings is 2. The highest BCUT2D eigenvalue weighted by atomic mass is 16.6. The summed E-state index contributed by atoms with van der Waals surface area (Å²) in [6.07, 6.45) is 0. The molecule has 0 radical (unpaired) electrons. The first-order valence-electron chi connectivity index (χ1n) is 6.99. The SMILES string of the molecule is Cc1cccc([N+](=O)[O-])c1C(=O)N[C@@H](C)c1cccc(C#N)c1. The molecule has 1 atom stereocenters. The number of hydrogen-bond acceptors (Lipinski definition) is 4. The molecule has 0 bridgehead atoms. The molecule has 0 fully saturated rings. The maximum absolute atomic E-state index is 12.4. The lowest BCUT2D eigenvalue weighted by Crippen LogP contribution is -2.28. The molecule has 0 saturated heterocycles. The lowest BCUT2D eigenvalue weighted by atomic mass is 10.0. The van der Waals surface area contributed by atoms with Crippen LogP contribution in [0.1, 0.15) is 40.0 Å². The molecule has 0 heterocycles. The Morgan fingerprint density at radius 2 is 2.00 bits per heavy atom. The molecule has 0 aliphatic carbocycles. The van der Waals surface area contributed by atoms with Gasteiger partial charge < -0.3 is 5.32 Å². The van der Waals surface area contributed by atoms with Crippen molar-refractivity contribution < 1.29 is 9.72 Å². The monoisotopic (exact) mass is 309 g/mol. The molecule has 1 N–H and O–H groups in total. The lowest BCUT2D eigenvalue weighted by Gasteiger charge is -2.15. The summed E-state index contributed by atoms with van der Waals surface area (Å²) in [5, 5.41) is 22.8. The van der Waals surface area contributed by atoms with E-state index in [2.05, 4.69) is 5.32 Å². The maximum Gasteiger partial charge on any atom is 0.282 e. The van der Waals surface area contributed by atoms with Gasteiger partial charge in [-0.1, -0.05) is 24.3 Å². The molecule has 6 heteroatoms. The molecule has 6 nitrogen and oxygen atoms in total. The van der Waals surface area contributed by atoms with Crippen molar-refractivity contribution in [3.63, 3.8) is 0 Å². The minimum Gasteiger partial charge on any atom is -0.345 e. The Morgan fingerprint density at radius 1 is 1.30 bits per heavy atom. The highest BCUT2D eigenvalue weighted by Gasteiger charge is 2.23. The first kappa shape index (κ1) is 16.2. The number of amides is 1. The van der Waals surface area contributed by atoms with Crippen molar-refractivity contribution in [1.29, 1.82) is 5.26 Å². The summed E-state index contributed by atoms with van der Waals surface area (Å²) < 4.78 is 0. The molecule has 0 aromatic heterocycles. The Kier molecular flexibility index (Phi) is 4.72. The molecule has 1 amide bonds. The van der Waals surface area contributed by atoms with E-state index in [4.69, 9.17) is 5.26 Å². The van der Waals surface area contributed by atoms with Crippen molar-refractivity contribution in [3.05, 3.63) is 74.8 Å². The summed E-state index contributed by atoms with van der Waals surface area (Å²) in [7, 11) is 0. The summed E-state index contributed by atoms with van der Waals surface area (Å²) in [6.45, 7) is 3.42. The molecular weight excluding hydrogens is 294 g/mol. The van der Waals surface area contributed by atoms with Gasteiger partial charge in [-0.05, 0) is 37.1 Å². The first-order chi connectivity index (χ1) is 10.9. The van der Waals surface area contributed by atoms with Crippen LogP contribution in [0.3, 0.4) is 0 Å². The van der Waals surface area contributed by atoms with Gasteiger partial charge in [-0.15, -0.1) is 0 Å². The van der Waals surface area contributed by atoms with E-state index in [1.54, 1.807) is 50.2 Å². The van der Waals surface area contributed by atoms with Crippen LogP contribution in [0, 0.1) is 28.4 Å². The quantitative estimate of drug-likeness (QED) is 0.692. The van der Waals surface area contributed by atoms with Crippen molar-refractivity contribution in [2.75, 3.05) is 0 Å². The minimum atomic E-state index is -0.567. The largest absolute Gasteiger partial charge is 0.345 e. The molecule has 0 unspecified atom stereocenters. The van der Waals surface area contributed by atoms with E-state index in [0.29, 0.717) is 11.1 Å². The second kappa shape index (κ2) is 6.71. The second-order valence-electron chi connectivity index (χ2n) is 5.16. The van der Waals surface area contributed by atoms with Gasteiger partial charge in [-0.25, -0.2) is 0 Å². The number of rotatable bonds is 4. The number of carbonyl (C=O) groups excluding carboxylic acids is 1. The van der Waals surface area contributed by atoms with E-state index < -0.39 is 10.8 Å². The fourth-order valence-electron chi connectivity index (χ4n) is 2.33. The van der Waals surface area contributed by atoms with Crippen LogP contribution in [0.15, 0.2) is 42.5 Å². The van der Waals surface area contributed by atoms with Crippen molar-refractivity contribution in [2.24, 2.45) is 0 Å². The summed E-state index contributed by atoms with van der Waals surface area (Å²) in [6, 6.07) is 13.0. The third-order valence-corrected chi connectivity index (χ3v) is 3.54. The van der Waals surface area contributed by atoms with E-state index in [1.165, 1.54) is 6.07 Å². The van der Waals surface area contributed by atoms with Crippen LogP contribution in [0.4, 0.5) is 5.69 Å². The average molecular weight is 309 g/mol. The van der Waals surface area contributed by atoms with Crippen LogP contribution in [-0.4, -0.2) is 10.8 Å². The van der Waals surface area contributed by atoms with Crippen molar-refractivity contribution in [3.8, 4) is 6.07 Å². The van der Waals surface area contributed by atoms with E-state index in [-0.39, 0.29) is 17.3 Å². The zero-order valence-electron chi connectivity index (χ0n) is 12.7. The number of nitro benzene ring substituents is 1. The first-order valence-corrected chi connectivity index (χ1v) is 6.99. The van der Waals surface area contributed by atoms with Gasteiger partial charge in [0, 0.05) is 6.07 Å². The van der Waals surface area contributed by atoms with E-state index in [0.717, 1.165) is 5.56 Å². The van der Waals surface area contributed by atoms with Crippen molar-refractivity contribution in [2.45, 2.75) is 19.9 Å². The highest BCUT2D eigenvalue weighted by Crippen LogP contribution is 2.23. The van der Waals surface area contributed by atoms with Crippen molar-refractivity contribution in [1.82, 2.24) is 5.32 Å². The Morgan fingerprint density at radius 3 is 2.65 bits per heavy atom. The fraction of sp³-hybridized carbons (Fsp3) is 0.176. The number of carbonyl (C=O) groups is 1. The van der Waals surface area contributed by atoms with Crippen LogP contribution in [-0.2, 0) is 0 Å². The molecule has 0 spiro atoms. The molecule has 116 valence electrons. The number of nitro groups is 1. The molecular formula is C17H15N3O3. The lowest BCUT2D eigenvalue weighted by molar-refractivity contribution is -0.385. The summed E-state index contributed by atoms with van der Waals surface area (Å²) in [5.41, 5.74) is 1.62. The normalized spacial score (nSPS) is 11.3. The van der Waals surface area contributed by atoms with Gasteiger partial charge in [0.05, 0.1) is 22.6 Å². The summed E-state index contributed by atoms with van der Waals surface area (Å²) in [4.78, 5) is 23.0. The number of nitrogens with one attached hydrogen (secondary N) is 1. The predicted octanol–water partition coefficient (Wildman–Crippen LogP) is 3.27. The van der Waals surface area contributed by atoms with Crippen LogP contribution in [0.5, 0.6) is 0 Å². The third-order valence-electron chi connectivity index (χ3n) is 3.54. The van der Waals surface area contributed by atoms with Gasteiger partial charge in [0.15, 0.2) is 0 Å². The zero-order chi connectivity index (χ0) is 17.0. The summed E-state index contributed by atoms with van der Waals surface area (Å²) >= 11 is 0. The number of nitriles is 1. The Balaban J connectivity index is 2.29. The number of aryl methyl sites for hydroxylation is 1. The molecule has 23 heavy (non-hydrogen) atoms. The molecule has 2 aromatic rings. The fourth-order valence-corrected chi connectivity index (χ4v) is 2.33. The van der Waals surface area contributed by atoms with Crippen LogP contribution < -0.4 is 5.32 Å². The maximum atomic E-state index is 12.4. The van der Waals surface area contributed by atoms with Gasteiger partial charge >= 0.3 is 0 Å². The highest BCUT2D eigenvalue weighted by molar-refractivity contribution is 5.99. The number of nitrogens with zero attached hydrogens (tertiary/aromatic N) is 2. The summed E-state index contributed by atoms with van der Waals surface area (Å²) in [5.74, 6) is -0.510. The zero-order valence-corrected chi connectivity index (χ0v) is 12.7. The molecule has 2 rings (SSSR count). The van der Waals surface area contributed by atoms with Gasteiger partial charge in [0.2, 0.25) is 0 Å². The third kappa shape index (κ3) is 3.52. The number of hydrogen-bond donors (Lipinski definition) is 1. The molecule has 0 aliphatic rings. The smallest absolute Gasteiger partial charge is 0.282 e. The minimum absolute atomic E-state index is 0.0563. The topological polar surface area (TPSA) is 96.0 Å².